The maximum Gasteiger partial charge on any atom is 0.287 e. The standard InChI is InChI=1S/C16H18N6O2/c1-21-9-11(8-18-21)19-15(23)10-3-4-12-13(7-10)22-6-2-5-17-16(24)14(22)20-12/h3-4,7-8,11H,2,5-6,9H2,1H3,(H,17,24)(H,19,23). The Morgan fingerprint density at radius 1 is 1.42 bits per heavy atom. The molecular weight excluding hydrogens is 308 g/mol. The molecule has 0 aliphatic carbocycles. The van der Waals surface area contributed by atoms with Crippen LogP contribution in [0.25, 0.3) is 11.0 Å². The fraction of sp³-hybridized carbons (Fsp3) is 0.375. The molecule has 0 bridgehead atoms. The first-order valence-electron chi connectivity index (χ1n) is 7.96. The van der Waals surface area contributed by atoms with Crippen LogP contribution in [-0.2, 0) is 6.54 Å². The van der Waals surface area contributed by atoms with Crippen LogP contribution in [0.1, 0.15) is 27.4 Å². The molecule has 1 atom stereocenters. The minimum Gasteiger partial charge on any atom is -0.349 e. The highest BCUT2D eigenvalue weighted by atomic mass is 16.2. The molecule has 1 aromatic carbocycles. The summed E-state index contributed by atoms with van der Waals surface area (Å²) in [7, 11) is 1.86. The second-order valence-corrected chi connectivity index (χ2v) is 6.08. The number of hydrogen-bond donors (Lipinski definition) is 2. The van der Waals surface area contributed by atoms with Crippen LogP contribution >= 0.6 is 0 Å². The van der Waals surface area contributed by atoms with Gasteiger partial charge in [0.15, 0.2) is 5.82 Å². The molecule has 124 valence electrons. The molecule has 3 heterocycles. The Balaban J connectivity index is 1.65. The molecule has 0 radical (unpaired) electrons. The van der Waals surface area contributed by atoms with Crippen LogP contribution in [-0.4, -0.2) is 58.8 Å². The van der Waals surface area contributed by atoms with Crippen molar-refractivity contribution >= 4 is 29.1 Å². The Morgan fingerprint density at radius 2 is 2.29 bits per heavy atom. The minimum atomic E-state index is -0.167. The summed E-state index contributed by atoms with van der Waals surface area (Å²) in [6, 6.07) is 5.23. The zero-order valence-electron chi connectivity index (χ0n) is 13.3. The average Bonchev–Trinajstić information content (AvgIpc) is 3.09. The zero-order valence-corrected chi connectivity index (χ0v) is 13.3. The summed E-state index contributed by atoms with van der Waals surface area (Å²) in [4.78, 5) is 28.9. The van der Waals surface area contributed by atoms with E-state index in [9.17, 15) is 9.59 Å². The summed E-state index contributed by atoms with van der Waals surface area (Å²) in [5.41, 5.74) is 2.09. The molecule has 2 aliphatic heterocycles. The first kappa shape index (κ1) is 14.7. The highest BCUT2D eigenvalue weighted by Crippen LogP contribution is 2.20. The molecular formula is C16H18N6O2. The Hall–Kier alpha value is -2.90. The number of amides is 2. The highest BCUT2D eigenvalue weighted by Gasteiger charge is 2.22. The zero-order chi connectivity index (χ0) is 16.7. The molecule has 4 rings (SSSR count). The van der Waals surface area contributed by atoms with E-state index < -0.39 is 0 Å². The van der Waals surface area contributed by atoms with E-state index in [1.807, 2.05) is 11.6 Å². The number of nitrogens with one attached hydrogen (secondary N) is 2. The van der Waals surface area contributed by atoms with E-state index in [0.29, 0.717) is 31.0 Å². The minimum absolute atomic E-state index is 0.0912. The van der Waals surface area contributed by atoms with Gasteiger partial charge in [0.05, 0.1) is 23.6 Å². The van der Waals surface area contributed by atoms with Gasteiger partial charge in [-0.3, -0.25) is 14.6 Å². The number of imidazole rings is 1. The predicted molar refractivity (Wildman–Crippen MR) is 89.1 cm³/mol. The maximum atomic E-state index is 12.5. The fourth-order valence-electron chi connectivity index (χ4n) is 3.09. The first-order chi connectivity index (χ1) is 11.6. The molecule has 8 heteroatoms. The Labute approximate surface area is 138 Å². The van der Waals surface area contributed by atoms with Gasteiger partial charge in [-0.15, -0.1) is 0 Å². The number of nitrogens with zero attached hydrogens (tertiary/aromatic N) is 4. The molecule has 0 saturated carbocycles. The molecule has 1 aromatic heterocycles. The number of rotatable bonds is 2. The monoisotopic (exact) mass is 326 g/mol. The number of fused-ring (bicyclic) bond motifs is 3. The molecule has 2 amide bonds. The van der Waals surface area contributed by atoms with Gasteiger partial charge in [0, 0.05) is 31.9 Å². The summed E-state index contributed by atoms with van der Waals surface area (Å²) in [6.45, 7) is 2.00. The van der Waals surface area contributed by atoms with E-state index in [2.05, 4.69) is 20.7 Å². The maximum absolute atomic E-state index is 12.5. The van der Waals surface area contributed by atoms with Gasteiger partial charge in [-0.05, 0) is 24.6 Å². The van der Waals surface area contributed by atoms with E-state index in [4.69, 9.17) is 0 Å². The van der Waals surface area contributed by atoms with Crippen molar-refractivity contribution in [1.29, 1.82) is 0 Å². The molecule has 2 N–H and O–H groups in total. The SMILES string of the molecule is CN1CC(NC(=O)c2ccc3nc4n(c3c2)CCCNC4=O)C=N1. The number of carbonyl (C=O) groups excluding carboxylic acids is 2. The summed E-state index contributed by atoms with van der Waals surface area (Å²) < 4.78 is 1.89. The van der Waals surface area contributed by atoms with Crippen molar-refractivity contribution in [3.05, 3.63) is 29.6 Å². The van der Waals surface area contributed by atoms with E-state index in [1.165, 1.54) is 0 Å². The largest absolute Gasteiger partial charge is 0.349 e. The smallest absolute Gasteiger partial charge is 0.287 e. The Kier molecular flexibility index (Phi) is 3.44. The van der Waals surface area contributed by atoms with Crippen molar-refractivity contribution in [2.45, 2.75) is 19.0 Å². The van der Waals surface area contributed by atoms with E-state index in [1.54, 1.807) is 29.4 Å². The lowest BCUT2D eigenvalue weighted by Gasteiger charge is -2.12. The highest BCUT2D eigenvalue weighted by molar-refractivity contribution is 6.00. The normalized spacial score (nSPS) is 20.0. The lowest BCUT2D eigenvalue weighted by atomic mass is 10.1. The van der Waals surface area contributed by atoms with Crippen molar-refractivity contribution in [2.75, 3.05) is 20.1 Å². The number of hydrazone groups is 1. The molecule has 24 heavy (non-hydrogen) atoms. The van der Waals surface area contributed by atoms with Crippen molar-refractivity contribution in [2.24, 2.45) is 5.10 Å². The first-order valence-corrected chi connectivity index (χ1v) is 7.96. The molecule has 1 unspecified atom stereocenters. The van der Waals surface area contributed by atoms with Gasteiger partial charge in [-0.2, -0.15) is 5.10 Å². The molecule has 0 saturated heterocycles. The second kappa shape index (κ2) is 5.63. The van der Waals surface area contributed by atoms with Gasteiger partial charge in [0.1, 0.15) is 0 Å². The third-order valence-electron chi connectivity index (χ3n) is 4.28. The van der Waals surface area contributed by atoms with Gasteiger partial charge >= 0.3 is 0 Å². The van der Waals surface area contributed by atoms with Gasteiger partial charge in [-0.25, -0.2) is 4.98 Å². The Bertz CT molecular complexity index is 856. The van der Waals surface area contributed by atoms with Crippen LogP contribution in [0.3, 0.4) is 0 Å². The number of hydrogen-bond acceptors (Lipinski definition) is 5. The van der Waals surface area contributed by atoms with Crippen molar-refractivity contribution in [1.82, 2.24) is 25.2 Å². The summed E-state index contributed by atoms with van der Waals surface area (Å²) in [6.07, 6.45) is 2.57. The number of aromatic nitrogens is 2. The summed E-state index contributed by atoms with van der Waals surface area (Å²) in [5.74, 6) is 0.0850. The van der Waals surface area contributed by atoms with Crippen LogP contribution in [0.4, 0.5) is 0 Å². The van der Waals surface area contributed by atoms with E-state index >= 15 is 0 Å². The van der Waals surface area contributed by atoms with Crippen LogP contribution in [0, 0.1) is 0 Å². The Morgan fingerprint density at radius 3 is 3.08 bits per heavy atom. The second-order valence-electron chi connectivity index (χ2n) is 6.08. The quantitative estimate of drug-likeness (QED) is 0.825. The van der Waals surface area contributed by atoms with Gasteiger partial charge in [0.2, 0.25) is 0 Å². The lowest BCUT2D eigenvalue weighted by Crippen LogP contribution is -2.38. The molecule has 0 spiro atoms. The number of carbonyl (C=O) groups is 2. The third kappa shape index (κ3) is 2.49. The lowest BCUT2D eigenvalue weighted by molar-refractivity contribution is 0.0938. The van der Waals surface area contributed by atoms with Gasteiger partial charge < -0.3 is 15.2 Å². The summed E-state index contributed by atoms with van der Waals surface area (Å²) in [5, 5.41) is 11.7. The number of likely N-dealkylation sites (N-methyl/N-ethyl adjacent to an activating group) is 1. The number of aryl methyl sites for hydroxylation is 1. The summed E-state index contributed by atoms with van der Waals surface area (Å²) >= 11 is 0. The predicted octanol–water partition coefficient (Wildman–Crippen LogP) is 0.199. The molecule has 2 aliphatic rings. The fourth-order valence-corrected chi connectivity index (χ4v) is 3.09. The van der Waals surface area contributed by atoms with Crippen LogP contribution in [0.15, 0.2) is 23.3 Å². The molecule has 0 fully saturated rings. The average molecular weight is 326 g/mol. The third-order valence-corrected chi connectivity index (χ3v) is 4.28. The van der Waals surface area contributed by atoms with Gasteiger partial charge in [-0.1, -0.05) is 0 Å². The van der Waals surface area contributed by atoms with Crippen LogP contribution < -0.4 is 10.6 Å². The van der Waals surface area contributed by atoms with E-state index in [0.717, 1.165) is 17.5 Å². The van der Waals surface area contributed by atoms with E-state index in [-0.39, 0.29) is 17.9 Å². The van der Waals surface area contributed by atoms with Gasteiger partial charge in [0.25, 0.3) is 11.8 Å². The molecule has 2 aromatic rings. The topological polar surface area (TPSA) is 91.6 Å². The van der Waals surface area contributed by atoms with Crippen molar-refractivity contribution in [3.63, 3.8) is 0 Å². The number of benzene rings is 1. The molecule has 8 nitrogen and oxygen atoms in total. The van der Waals surface area contributed by atoms with Crippen molar-refractivity contribution in [3.8, 4) is 0 Å². The van der Waals surface area contributed by atoms with Crippen LogP contribution in [0.2, 0.25) is 0 Å². The van der Waals surface area contributed by atoms with Crippen molar-refractivity contribution < 1.29 is 9.59 Å². The van der Waals surface area contributed by atoms with Crippen LogP contribution in [0.5, 0.6) is 0 Å².